The summed E-state index contributed by atoms with van der Waals surface area (Å²) in [5.74, 6) is -1.77. The van der Waals surface area contributed by atoms with Crippen LogP contribution in [0.1, 0.15) is 15.9 Å². The summed E-state index contributed by atoms with van der Waals surface area (Å²) >= 11 is 3.00. The lowest BCUT2D eigenvalue weighted by atomic mass is 10.0. The number of Topliss-reactive ketones (excluding diaryl/α,β-unsaturated/α-hetero) is 1. The highest BCUT2D eigenvalue weighted by molar-refractivity contribution is 9.10. The molecular weight excluding hydrogens is 340 g/mol. The summed E-state index contributed by atoms with van der Waals surface area (Å²) in [5.41, 5.74) is 1.07. The molecule has 0 atom stereocenters. The number of halogens is 3. The van der Waals surface area contributed by atoms with Crippen molar-refractivity contribution in [1.82, 2.24) is 0 Å². The van der Waals surface area contributed by atoms with E-state index in [9.17, 15) is 13.6 Å². The maximum absolute atomic E-state index is 13.9. The minimum atomic E-state index is -0.730. The average Bonchev–Trinajstić information content (AvgIpc) is 2.47. The van der Waals surface area contributed by atoms with E-state index in [4.69, 9.17) is 0 Å². The molecule has 0 fully saturated rings. The molecular formula is C16H14BrF2NO. The first-order valence-corrected chi connectivity index (χ1v) is 7.12. The van der Waals surface area contributed by atoms with Crippen molar-refractivity contribution < 1.29 is 13.6 Å². The van der Waals surface area contributed by atoms with E-state index in [2.05, 4.69) is 15.9 Å². The van der Waals surface area contributed by atoms with Crippen molar-refractivity contribution in [2.24, 2.45) is 0 Å². The quantitative estimate of drug-likeness (QED) is 0.605. The van der Waals surface area contributed by atoms with Crippen LogP contribution in [0.5, 0.6) is 0 Å². The van der Waals surface area contributed by atoms with Crippen molar-refractivity contribution in [3.8, 4) is 0 Å². The normalized spacial score (nSPS) is 10.5. The number of anilines is 1. The van der Waals surface area contributed by atoms with Crippen LogP contribution in [0.25, 0.3) is 0 Å². The second kappa shape index (κ2) is 6.35. The number of carbonyl (C=O) groups is 1. The van der Waals surface area contributed by atoms with Gasteiger partial charge in [0, 0.05) is 37.3 Å². The number of ketones is 1. The topological polar surface area (TPSA) is 20.3 Å². The molecule has 0 saturated heterocycles. The Hall–Kier alpha value is -1.75. The first kappa shape index (κ1) is 15.6. The summed E-state index contributed by atoms with van der Waals surface area (Å²) in [6.07, 6.45) is -0.312. The highest BCUT2D eigenvalue weighted by Crippen LogP contribution is 2.23. The van der Waals surface area contributed by atoms with Gasteiger partial charge in [0.2, 0.25) is 0 Å². The summed E-state index contributed by atoms with van der Waals surface area (Å²) in [7, 11) is 3.72. The molecule has 0 aliphatic rings. The summed E-state index contributed by atoms with van der Waals surface area (Å²) in [6, 6.07) is 9.38. The van der Waals surface area contributed by atoms with Crippen LogP contribution in [-0.4, -0.2) is 19.9 Å². The Morgan fingerprint density at radius 2 is 1.90 bits per heavy atom. The zero-order valence-corrected chi connectivity index (χ0v) is 13.2. The second-order valence-corrected chi connectivity index (χ2v) is 5.72. The van der Waals surface area contributed by atoms with E-state index < -0.39 is 11.6 Å². The average molecular weight is 354 g/mol. The molecule has 0 aliphatic carbocycles. The lowest BCUT2D eigenvalue weighted by Gasteiger charge is -2.13. The Morgan fingerprint density at radius 1 is 1.19 bits per heavy atom. The number of nitrogens with zero attached hydrogens (tertiary/aromatic N) is 1. The van der Waals surface area contributed by atoms with Crippen LogP contribution in [0.4, 0.5) is 14.5 Å². The van der Waals surface area contributed by atoms with Crippen molar-refractivity contribution in [3.05, 3.63) is 63.6 Å². The fraction of sp³-hybridized carbons (Fsp3) is 0.188. The standard InChI is InChI=1S/C16H14BrF2NO/c1-20(2)11-5-3-4-10(8-11)15(21)9-12-14(18)7-6-13(17)16(12)19/h3-8H,9H2,1-2H3. The van der Waals surface area contributed by atoms with Gasteiger partial charge >= 0.3 is 0 Å². The Kier molecular flexibility index (Phi) is 4.73. The molecule has 0 spiro atoms. The number of hydrogen-bond acceptors (Lipinski definition) is 2. The lowest BCUT2D eigenvalue weighted by Crippen LogP contribution is -2.11. The molecule has 2 nitrogen and oxygen atoms in total. The molecule has 0 aromatic heterocycles. The predicted molar refractivity (Wildman–Crippen MR) is 82.9 cm³/mol. The predicted octanol–water partition coefficient (Wildman–Crippen LogP) is 4.22. The van der Waals surface area contributed by atoms with Gasteiger partial charge in [-0.05, 0) is 40.2 Å². The van der Waals surface area contributed by atoms with Crippen LogP contribution in [0.3, 0.4) is 0 Å². The molecule has 0 heterocycles. The van der Waals surface area contributed by atoms with E-state index in [0.29, 0.717) is 5.56 Å². The minimum absolute atomic E-state index is 0.147. The SMILES string of the molecule is CN(C)c1cccc(C(=O)Cc2c(F)ccc(Br)c2F)c1. The Morgan fingerprint density at radius 3 is 2.57 bits per heavy atom. The number of hydrogen-bond donors (Lipinski definition) is 0. The van der Waals surface area contributed by atoms with Crippen molar-refractivity contribution in [3.63, 3.8) is 0 Å². The molecule has 0 unspecified atom stereocenters. The van der Waals surface area contributed by atoms with Crippen LogP contribution in [0, 0.1) is 11.6 Å². The highest BCUT2D eigenvalue weighted by Gasteiger charge is 2.17. The fourth-order valence-corrected chi connectivity index (χ4v) is 2.32. The van der Waals surface area contributed by atoms with Gasteiger partial charge in [-0.15, -0.1) is 0 Å². The Labute approximate surface area is 130 Å². The molecule has 0 bridgehead atoms. The highest BCUT2D eigenvalue weighted by atomic mass is 79.9. The van der Waals surface area contributed by atoms with E-state index in [0.717, 1.165) is 11.8 Å². The third-order valence-corrected chi connectivity index (χ3v) is 3.77. The van der Waals surface area contributed by atoms with Gasteiger partial charge in [-0.3, -0.25) is 4.79 Å². The Bertz CT molecular complexity index is 686. The van der Waals surface area contributed by atoms with Crippen LogP contribution in [0.15, 0.2) is 40.9 Å². The van der Waals surface area contributed by atoms with E-state index in [1.807, 2.05) is 25.1 Å². The van der Waals surface area contributed by atoms with Gasteiger partial charge in [0.1, 0.15) is 11.6 Å². The van der Waals surface area contributed by atoms with Gasteiger partial charge < -0.3 is 4.90 Å². The first-order chi connectivity index (χ1) is 9.90. The zero-order valence-electron chi connectivity index (χ0n) is 11.7. The maximum Gasteiger partial charge on any atom is 0.167 e. The van der Waals surface area contributed by atoms with Crippen molar-refractivity contribution in [2.75, 3.05) is 19.0 Å². The van der Waals surface area contributed by atoms with E-state index >= 15 is 0 Å². The first-order valence-electron chi connectivity index (χ1n) is 6.33. The molecule has 5 heteroatoms. The monoisotopic (exact) mass is 353 g/mol. The van der Waals surface area contributed by atoms with Crippen LogP contribution >= 0.6 is 15.9 Å². The second-order valence-electron chi connectivity index (χ2n) is 4.87. The van der Waals surface area contributed by atoms with Gasteiger partial charge in [-0.2, -0.15) is 0 Å². The number of benzene rings is 2. The van der Waals surface area contributed by atoms with Gasteiger partial charge in [-0.1, -0.05) is 12.1 Å². The van der Waals surface area contributed by atoms with Crippen LogP contribution in [0.2, 0.25) is 0 Å². The smallest absolute Gasteiger partial charge is 0.167 e. The van der Waals surface area contributed by atoms with Gasteiger partial charge in [0.25, 0.3) is 0 Å². The van der Waals surface area contributed by atoms with Crippen molar-refractivity contribution >= 4 is 27.4 Å². The van der Waals surface area contributed by atoms with E-state index in [1.54, 1.807) is 18.2 Å². The van der Waals surface area contributed by atoms with E-state index in [1.165, 1.54) is 6.07 Å². The Balaban J connectivity index is 2.31. The van der Waals surface area contributed by atoms with Crippen molar-refractivity contribution in [2.45, 2.75) is 6.42 Å². The van der Waals surface area contributed by atoms with Gasteiger partial charge in [0.05, 0.1) is 4.47 Å². The summed E-state index contributed by atoms with van der Waals surface area (Å²) in [6.45, 7) is 0. The molecule has 2 rings (SSSR count). The van der Waals surface area contributed by atoms with Gasteiger partial charge in [0.15, 0.2) is 5.78 Å². The van der Waals surface area contributed by atoms with Crippen molar-refractivity contribution in [1.29, 1.82) is 0 Å². The molecule has 0 amide bonds. The third-order valence-electron chi connectivity index (χ3n) is 3.16. The number of carbonyl (C=O) groups excluding carboxylic acids is 1. The van der Waals surface area contributed by atoms with Gasteiger partial charge in [-0.25, -0.2) is 8.78 Å². The largest absolute Gasteiger partial charge is 0.378 e. The van der Waals surface area contributed by atoms with Crippen LogP contribution < -0.4 is 4.90 Å². The number of rotatable bonds is 4. The molecule has 110 valence electrons. The summed E-state index contributed by atoms with van der Waals surface area (Å²) < 4.78 is 27.7. The molecule has 2 aromatic carbocycles. The molecule has 0 N–H and O–H groups in total. The third kappa shape index (κ3) is 3.47. The molecule has 0 saturated carbocycles. The molecule has 0 aliphatic heterocycles. The molecule has 2 aromatic rings. The van der Waals surface area contributed by atoms with Crippen LogP contribution in [-0.2, 0) is 6.42 Å². The summed E-state index contributed by atoms with van der Waals surface area (Å²) in [5, 5.41) is 0. The molecule has 21 heavy (non-hydrogen) atoms. The fourth-order valence-electron chi connectivity index (χ4n) is 1.95. The maximum atomic E-state index is 13.9. The zero-order chi connectivity index (χ0) is 15.6. The molecule has 0 radical (unpaired) electrons. The summed E-state index contributed by atoms with van der Waals surface area (Å²) in [4.78, 5) is 14.1. The lowest BCUT2D eigenvalue weighted by molar-refractivity contribution is 0.0990. The van der Waals surface area contributed by atoms with E-state index in [-0.39, 0.29) is 22.2 Å². The minimum Gasteiger partial charge on any atom is -0.378 e.